The first kappa shape index (κ1) is 83.5. The third-order valence-electron chi connectivity index (χ3n) is 17.6. The van der Waals surface area contributed by atoms with Gasteiger partial charge in [0.05, 0.1) is 6.04 Å². The van der Waals surface area contributed by atoms with Crippen LogP contribution in [0.3, 0.4) is 0 Å². The number of hydrogen-bond donors (Lipinski definition) is 18. The van der Waals surface area contributed by atoms with Gasteiger partial charge in [-0.2, -0.15) is 0 Å². The van der Waals surface area contributed by atoms with E-state index in [0.29, 0.717) is 85.7 Å². The molecule has 0 aliphatic rings. The number of carbonyl (C=O) groups is 10. The van der Waals surface area contributed by atoms with Crippen LogP contribution < -0.4 is 76.9 Å². The molecule has 0 aliphatic carbocycles. The van der Waals surface area contributed by atoms with Crippen molar-refractivity contribution in [3.63, 3.8) is 0 Å². The van der Waals surface area contributed by atoms with E-state index < -0.39 is 131 Å². The molecule has 1 aromatic heterocycles. The second-order valence-corrected chi connectivity index (χ2v) is 26.5. The van der Waals surface area contributed by atoms with E-state index in [9.17, 15) is 58.5 Å². The van der Waals surface area contributed by atoms with Crippen molar-refractivity contribution in [2.45, 2.75) is 184 Å². The Morgan fingerprint density at radius 3 is 1.35 bits per heavy atom. The zero-order valence-electron chi connectivity index (χ0n) is 59.5. The van der Waals surface area contributed by atoms with Gasteiger partial charge >= 0.3 is 5.97 Å². The highest BCUT2D eigenvalue weighted by molar-refractivity contribution is 5.99. The van der Waals surface area contributed by atoms with Gasteiger partial charge in [0.1, 0.15) is 65.9 Å². The first-order chi connectivity index (χ1) is 49.1. The standard InChI is InChI=1S/C73H107N17O13/c1-43(2)61(69(99)87-57(39-46-26-30-49(91)31-27-46)65(95)85-59(41-48-42-81-53-22-10-9-20-51(48)53)66(96)82-54(23-12-15-35-75)63(93)83-55(72(102)103)24-13-16-36-76)89-70(100)62(44(3)4)88-67(97)58(40-47-28-32-50(92)33-29-47)84-64(94)56(38-45-18-7-6-8-19-45)86-68(98)60(25-17-37-80-73(78)79)90(5)71(101)52(77)21-11-14-34-74/h6-10,18-20,22,26-33,42-44,52,54-62,81,91-92H,11-17,21,23-25,34-41,74-77H2,1-5H3,(H,82,96)(H,83,93)(H,84,94)(H,85,95)(H,86,98)(H,87,99)(H,88,97)(H,89,100)(H,102,103)(H4,78,79,80)/t52-,54+,55-,56+,57+,58+,59+,60+,61+,62+/m1/s1. The van der Waals surface area contributed by atoms with Crippen molar-refractivity contribution in [3.8, 4) is 11.5 Å². The number of aromatic hydroxyl groups is 2. The quantitative estimate of drug-likeness (QED) is 0.0145. The summed E-state index contributed by atoms with van der Waals surface area (Å²) in [4.78, 5) is 153. The number of aromatic amines is 1. The van der Waals surface area contributed by atoms with E-state index in [-0.39, 0.29) is 81.9 Å². The summed E-state index contributed by atoms with van der Waals surface area (Å²) >= 11 is 0. The molecule has 0 unspecified atom stereocenters. The Kier molecular flexibility index (Phi) is 34.8. The number of carboxylic acid groups (broad SMARTS) is 1. The number of aliphatic carboxylic acids is 1. The Labute approximate surface area is 601 Å². The van der Waals surface area contributed by atoms with E-state index in [2.05, 4.69) is 52.5 Å². The Morgan fingerprint density at radius 2 is 0.854 bits per heavy atom. The molecule has 4 aromatic carbocycles. The maximum Gasteiger partial charge on any atom is 0.326 e. The number of hydrogen-bond acceptors (Lipinski definition) is 17. The van der Waals surface area contributed by atoms with Crippen molar-refractivity contribution >= 4 is 76.0 Å². The van der Waals surface area contributed by atoms with Gasteiger partial charge in [0.25, 0.3) is 0 Å². The number of likely N-dealkylation sites (N-methyl/N-ethyl adjacent to an activating group) is 1. The van der Waals surface area contributed by atoms with Gasteiger partial charge in [-0.1, -0.05) is 107 Å². The van der Waals surface area contributed by atoms with E-state index in [1.54, 1.807) is 70.3 Å². The monoisotopic (exact) mass is 1430 g/mol. The molecular weight excluding hydrogens is 1320 g/mol. The van der Waals surface area contributed by atoms with Crippen molar-refractivity contribution in [3.05, 3.63) is 132 Å². The highest BCUT2D eigenvalue weighted by atomic mass is 16.4. The number of aliphatic imine (C=N–C) groups is 1. The molecule has 9 amide bonds. The highest BCUT2D eigenvalue weighted by Crippen LogP contribution is 2.22. The van der Waals surface area contributed by atoms with E-state index in [1.165, 1.54) is 60.5 Å². The average Bonchev–Trinajstić information content (AvgIpc) is 1.80. The van der Waals surface area contributed by atoms with Crippen molar-refractivity contribution in [2.75, 3.05) is 33.2 Å². The zero-order valence-corrected chi connectivity index (χ0v) is 59.5. The lowest BCUT2D eigenvalue weighted by Gasteiger charge is -2.32. The molecule has 0 bridgehead atoms. The van der Waals surface area contributed by atoms with Gasteiger partial charge in [-0.3, -0.25) is 48.1 Å². The number of aromatic nitrogens is 1. The largest absolute Gasteiger partial charge is 0.508 e. The fourth-order valence-electron chi connectivity index (χ4n) is 11.7. The molecular formula is C73H107N17O13. The predicted molar refractivity (Wildman–Crippen MR) is 392 cm³/mol. The lowest BCUT2D eigenvalue weighted by atomic mass is 9.97. The number of H-pyrrole nitrogens is 1. The zero-order chi connectivity index (χ0) is 75.7. The van der Waals surface area contributed by atoms with E-state index in [0.717, 1.165) is 5.52 Å². The van der Waals surface area contributed by atoms with Crippen LogP contribution in [0.4, 0.5) is 0 Å². The van der Waals surface area contributed by atoms with Crippen LogP contribution in [0.5, 0.6) is 11.5 Å². The molecule has 0 spiro atoms. The number of nitrogens with zero attached hydrogens (tertiary/aromatic N) is 2. The van der Waals surface area contributed by atoms with Crippen LogP contribution in [-0.4, -0.2) is 184 Å². The van der Waals surface area contributed by atoms with Gasteiger partial charge < -0.3 is 102 Å². The van der Waals surface area contributed by atoms with Crippen LogP contribution >= 0.6 is 0 Å². The number of phenols is 2. The number of nitrogens with two attached hydrogens (primary N) is 6. The molecule has 30 nitrogen and oxygen atoms in total. The summed E-state index contributed by atoms with van der Waals surface area (Å²) in [6, 6.07) is 14.3. The van der Waals surface area contributed by atoms with E-state index in [4.69, 9.17) is 34.4 Å². The molecule has 5 aromatic rings. The Balaban J connectivity index is 1.46. The number of carbonyl (C=O) groups excluding carboxylic acids is 9. The maximum atomic E-state index is 15.1. The number of unbranched alkanes of at least 4 members (excludes halogenated alkanes) is 3. The number of amides is 9. The molecule has 562 valence electrons. The lowest BCUT2D eigenvalue weighted by molar-refractivity contribution is -0.142. The van der Waals surface area contributed by atoms with Crippen LogP contribution in [0, 0.1) is 11.8 Å². The molecule has 30 heteroatoms. The summed E-state index contributed by atoms with van der Waals surface area (Å²) in [5.74, 6) is -10.1. The Hall–Kier alpha value is -10.2. The van der Waals surface area contributed by atoms with Gasteiger partial charge in [0, 0.05) is 56.4 Å². The van der Waals surface area contributed by atoms with Gasteiger partial charge in [0.2, 0.25) is 53.2 Å². The topological polar surface area (TPSA) is 515 Å². The molecule has 10 atom stereocenters. The van der Waals surface area contributed by atoms with E-state index in [1.807, 2.05) is 18.2 Å². The number of guanidine groups is 1. The van der Waals surface area contributed by atoms with Crippen molar-refractivity contribution in [1.29, 1.82) is 0 Å². The molecule has 103 heavy (non-hydrogen) atoms. The van der Waals surface area contributed by atoms with Gasteiger partial charge in [-0.05, 0) is 148 Å². The Bertz CT molecular complexity index is 3590. The van der Waals surface area contributed by atoms with Crippen molar-refractivity contribution in [2.24, 2.45) is 51.2 Å². The minimum absolute atomic E-state index is 0.0477. The summed E-state index contributed by atoms with van der Waals surface area (Å²) in [6.07, 6.45) is 4.64. The molecule has 0 saturated heterocycles. The minimum Gasteiger partial charge on any atom is -0.508 e. The smallest absolute Gasteiger partial charge is 0.326 e. The second-order valence-electron chi connectivity index (χ2n) is 26.5. The minimum atomic E-state index is -1.50. The molecule has 0 fully saturated rings. The number of para-hydroxylation sites is 1. The van der Waals surface area contributed by atoms with Gasteiger partial charge in [-0.25, -0.2) is 4.79 Å². The van der Waals surface area contributed by atoms with Gasteiger partial charge in [-0.15, -0.1) is 0 Å². The molecule has 0 radical (unpaired) electrons. The van der Waals surface area contributed by atoms with Crippen molar-refractivity contribution < 1.29 is 63.3 Å². The summed E-state index contributed by atoms with van der Waals surface area (Å²) in [5, 5.41) is 53.4. The molecule has 0 saturated carbocycles. The van der Waals surface area contributed by atoms with Crippen molar-refractivity contribution in [1.82, 2.24) is 52.4 Å². The fraction of sp³-hybridized carbons (Fsp3) is 0.493. The van der Waals surface area contributed by atoms with Gasteiger partial charge in [0.15, 0.2) is 5.96 Å². The number of fused-ring (bicyclic) bond motifs is 1. The average molecular weight is 1430 g/mol. The summed E-state index contributed by atoms with van der Waals surface area (Å²) in [6.45, 7) is 7.65. The van der Waals surface area contributed by atoms with E-state index >= 15 is 4.79 Å². The Morgan fingerprint density at radius 1 is 0.456 bits per heavy atom. The number of phenolic OH excluding ortho intramolecular Hbond substituents is 2. The first-order valence-electron chi connectivity index (χ1n) is 35.1. The third-order valence-corrected chi connectivity index (χ3v) is 17.6. The number of benzene rings is 4. The van der Waals surface area contributed by atoms with Crippen LogP contribution in [0.25, 0.3) is 10.9 Å². The first-order valence-corrected chi connectivity index (χ1v) is 35.1. The summed E-state index contributed by atoms with van der Waals surface area (Å²) < 4.78 is 0. The third kappa shape index (κ3) is 27.6. The van der Waals surface area contributed by atoms with Crippen LogP contribution in [0.1, 0.15) is 121 Å². The normalized spacial score (nSPS) is 14.2. The molecule has 5 rings (SSSR count). The summed E-state index contributed by atoms with van der Waals surface area (Å²) in [7, 11) is 1.44. The second kappa shape index (κ2) is 42.9. The molecule has 1 heterocycles. The molecule has 24 N–H and O–H groups in total. The predicted octanol–water partition coefficient (Wildman–Crippen LogP) is 0.720. The molecule has 0 aliphatic heterocycles. The fourth-order valence-corrected chi connectivity index (χ4v) is 11.7. The lowest BCUT2D eigenvalue weighted by Crippen LogP contribution is -2.62. The van der Waals surface area contributed by atoms with Crippen LogP contribution in [-0.2, 0) is 73.6 Å². The van der Waals surface area contributed by atoms with Crippen LogP contribution in [0.2, 0.25) is 0 Å². The van der Waals surface area contributed by atoms with Crippen LogP contribution in [0.15, 0.2) is 114 Å². The SMILES string of the molecule is CC(C)[C@H](NC(=O)[C@H](Cc1ccc(O)cc1)NC(=O)[C@H](Cc1ccccc1)NC(=O)[C@H](CCCN=C(N)N)N(C)C(=O)[C@H](N)CCCCN)C(=O)N[C@H](C(=O)N[C@@H](Cc1ccc(O)cc1)C(=O)N[C@@H](Cc1c[nH]c2ccccc12)C(=O)N[C@@H](CCCCN)C(=O)N[C@H](CCCCN)C(=O)O)C(C)C. The number of nitrogens with one attached hydrogen (secondary N) is 9. The highest BCUT2D eigenvalue weighted by Gasteiger charge is 2.38. The number of rotatable bonds is 45. The summed E-state index contributed by atoms with van der Waals surface area (Å²) in [5.41, 5.74) is 37.5. The number of carboxylic acids is 1. The maximum absolute atomic E-state index is 15.1.